The van der Waals surface area contributed by atoms with Gasteiger partial charge in [0.1, 0.15) is 5.60 Å². The van der Waals surface area contributed by atoms with Crippen LogP contribution in [0, 0.1) is 0 Å². The van der Waals surface area contributed by atoms with Crippen molar-refractivity contribution in [2.24, 2.45) is 0 Å². The number of carbonyl (C=O) groups is 2. The number of carbonyl (C=O) groups excluding carboxylic acids is 2. The Hall–Kier alpha value is -1.86. The number of amides is 1. The van der Waals surface area contributed by atoms with Crippen LogP contribution in [0.3, 0.4) is 0 Å². The fraction of sp³-hybridized carbons (Fsp3) is 0.600. The maximum absolute atomic E-state index is 12.2. The van der Waals surface area contributed by atoms with Crippen molar-refractivity contribution in [1.29, 1.82) is 0 Å². The van der Waals surface area contributed by atoms with E-state index in [0.29, 0.717) is 5.56 Å². The van der Waals surface area contributed by atoms with Gasteiger partial charge >= 0.3 is 13.1 Å². The molecule has 6 nitrogen and oxygen atoms in total. The maximum atomic E-state index is 12.2. The smallest absolute Gasteiger partial charge is 0.460 e. The second-order valence-corrected chi connectivity index (χ2v) is 8.80. The van der Waals surface area contributed by atoms with Gasteiger partial charge in [0.05, 0.1) is 17.6 Å². The summed E-state index contributed by atoms with van der Waals surface area (Å²) in [7, 11) is -0.459. The monoisotopic (exact) mass is 375 g/mol. The molecule has 1 aromatic carbocycles. The van der Waals surface area contributed by atoms with E-state index in [-0.39, 0.29) is 24.8 Å². The lowest BCUT2D eigenvalue weighted by Gasteiger charge is -2.32. The minimum absolute atomic E-state index is 0.134. The van der Waals surface area contributed by atoms with Gasteiger partial charge in [-0.1, -0.05) is 12.1 Å². The molecule has 0 spiro atoms. The highest BCUT2D eigenvalue weighted by atomic mass is 16.7. The van der Waals surface area contributed by atoms with Gasteiger partial charge in [-0.05, 0) is 66.1 Å². The van der Waals surface area contributed by atoms with Crippen LogP contribution in [0.1, 0.15) is 65.2 Å². The van der Waals surface area contributed by atoms with Crippen molar-refractivity contribution in [3.8, 4) is 0 Å². The summed E-state index contributed by atoms with van der Waals surface area (Å²) < 4.78 is 17.2. The average molecular weight is 375 g/mol. The fourth-order valence-electron chi connectivity index (χ4n) is 2.54. The molecule has 0 aromatic heterocycles. The quantitative estimate of drug-likeness (QED) is 0.632. The maximum Gasteiger partial charge on any atom is 0.494 e. The standard InChI is InChI=1S/C20H30BNO5/c1-18(2,3)25-16(23)12-13-22-17(24)14-8-10-15(11-9-14)21-26-19(4,5)20(6,7)27-21/h8-11H,12-13H2,1-7H3,(H,22,24). The van der Waals surface area contributed by atoms with Crippen LogP contribution in [0.15, 0.2) is 24.3 Å². The second kappa shape index (κ2) is 7.64. The zero-order valence-electron chi connectivity index (χ0n) is 17.3. The molecule has 0 saturated carbocycles. The third-order valence-corrected chi connectivity index (χ3v) is 4.73. The zero-order chi connectivity index (χ0) is 20.5. The number of rotatable bonds is 5. The molecule has 0 aliphatic carbocycles. The van der Waals surface area contributed by atoms with E-state index in [9.17, 15) is 9.59 Å². The van der Waals surface area contributed by atoms with Gasteiger partial charge in [-0.2, -0.15) is 0 Å². The second-order valence-electron chi connectivity index (χ2n) is 8.80. The predicted octanol–water partition coefficient (Wildman–Crippen LogP) is 2.45. The Balaban J connectivity index is 1.88. The van der Waals surface area contributed by atoms with E-state index in [4.69, 9.17) is 14.0 Å². The lowest BCUT2D eigenvalue weighted by atomic mass is 9.79. The molecule has 27 heavy (non-hydrogen) atoms. The van der Waals surface area contributed by atoms with Gasteiger partial charge in [-0.3, -0.25) is 9.59 Å². The molecule has 1 fully saturated rings. The van der Waals surface area contributed by atoms with Crippen LogP contribution in [0.2, 0.25) is 0 Å². The van der Waals surface area contributed by atoms with Gasteiger partial charge in [-0.25, -0.2) is 0 Å². The van der Waals surface area contributed by atoms with Crippen LogP contribution < -0.4 is 10.8 Å². The Morgan fingerprint density at radius 3 is 2.04 bits per heavy atom. The first-order chi connectivity index (χ1) is 12.3. The number of esters is 1. The molecule has 1 N–H and O–H groups in total. The SMILES string of the molecule is CC(C)(C)OC(=O)CCNC(=O)c1ccc(B2OC(C)(C)C(C)(C)O2)cc1. The predicted molar refractivity (Wildman–Crippen MR) is 105 cm³/mol. The molecule has 148 valence electrons. The van der Waals surface area contributed by atoms with E-state index in [0.717, 1.165) is 5.46 Å². The molecule has 1 saturated heterocycles. The Kier molecular flexibility index (Phi) is 6.07. The van der Waals surface area contributed by atoms with Gasteiger partial charge in [0, 0.05) is 12.1 Å². The normalized spacial score (nSPS) is 18.3. The van der Waals surface area contributed by atoms with Gasteiger partial charge in [0.2, 0.25) is 0 Å². The summed E-state index contributed by atoms with van der Waals surface area (Å²) in [5.41, 5.74) is 0.0354. The van der Waals surface area contributed by atoms with Crippen molar-refractivity contribution in [2.45, 2.75) is 71.7 Å². The van der Waals surface area contributed by atoms with Gasteiger partial charge in [-0.15, -0.1) is 0 Å². The van der Waals surface area contributed by atoms with Crippen LogP contribution in [0.5, 0.6) is 0 Å². The number of hydrogen-bond acceptors (Lipinski definition) is 5. The summed E-state index contributed by atoms with van der Waals surface area (Å²) >= 11 is 0. The van der Waals surface area contributed by atoms with Crippen molar-refractivity contribution in [3.63, 3.8) is 0 Å². The summed E-state index contributed by atoms with van der Waals surface area (Å²) in [6.45, 7) is 13.7. The first-order valence-electron chi connectivity index (χ1n) is 9.26. The van der Waals surface area contributed by atoms with Crippen LogP contribution in [-0.2, 0) is 18.8 Å². The lowest BCUT2D eigenvalue weighted by Crippen LogP contribution is -2.41. The zero-order valence-corrected chi connectivity index (χ0v) is 17.3. The molecule has 1 aliphatic heterocycles. The van der Waals surface area contributed by atoms with E-state index in [2.05, 4.69) is 5.32 Å². The molecule has 0 radical (unpaired) electrons. The largest absolute Gasteiger partial charge is 0.494 e. The van der Waals surface area contributed by atoms with Crippen molar-refractivity contribution >= 4 is 24.5 Å². The van der Waals surface area contributed by atoms with Crippen LogP contribution in [-0.4, -0.2) is 42.3 Å². The fourth-order valence-corrected chi connectivity index (χ4v) is 2.54. The minimum atomic E-state index is -0.523. The van der Waals surface area contributed by atoms with Gasteiger partial charge in [0.25, 0.3) is 5.91 Å². The molecule has 7 heteroatoms. The van der Waals surface area contributed by atoms with Gasteiger partial charge in [0.15, 0.2) is 0 Å². The number of ether oxygens (including phenoxy) is 1. The third kappa shape index (κ3) is 5.56. The molecule has 1 aliphatic rings. The molecule has 0 bridgehead atoms. The topological polar surface area (TPSA) is 73.9 Å². The van der Waals surface area contributed by atoms with Crippen molar-refractivity contribution in [1.82, 2.24) is 5.32 Å². The van der Waals surface area contributed by atoms with Gasteiger partial charge < -0.3 is 19.4 Å². The average Bonchev–Trinajstić information content (AvgIpc) is 2.73. The summed E-state index contributed by atoms with van der Waals surface area (Å²) in [5.74, 6) is -0.571. The Labute approximate surface area is 162 Å². The highest BCUT2D eigenvalue weighted by molar-refractivity contribution is 6.62. The van der Waals surface area contributed by atoms with E-state index >= 15 is 0 Å². The molecular weight excluding hydrogens is 345 g/mol. The first kappa shape index (κ1) is 21.4. The molecule has 1 amide bonds. The van der Waals surface area contributed by atoms with Crippen LogP contribution in [0.4, 0.5) is 0 Å². The molecular formula is C20H30BNO5. The molecule has 2 rings (SSSR count). The molecule has 0 atom stereocenters. The summed E-state index contributed by atoms with van der Waals surface area (Å²) in [4.78, 5) is 23.9. The Bertz CT molecular complexity index is 675. The van der Waals surface area contributed by atoms with E-state index in [1.165, 1.54) is 0 Å². The number of hydrogen-bond donors (Lipinski definition) is 1. The minimum Gasteiger partial charge on any atom is -0.460 e. The first-order valence-corrected chi connectivity index (χ1v) is 9.26. The lowest BCUT2D eigenvalue weighted by molar-refractivity contribution is -0.154. The van der Waals surface area contributed by atoms with Crippen molar-refractivity contribution in [2.75, 3.05) is 6.54 Å². The number of benzene rings is 1. The highest BCUT2D eigenvalue weighted by Crippen LogP contribution is 2.36. The van der Waals surface area contributed by atoms with Crippen molar-refractivity contribution in [3.05, 3.63) is 29.8 Å². The van der Waals surface area contributed by atoms with Crippen LogP contribution in [0.25, 0.3) is 0 Å². The highest BCUT2D eigenvalue weighted by Gasteiger charge is 2.51. The van der Waals surface area contributed by atoms with Crippen molar-refractivity contribution < 1.29 is 23.6 Å². The third-order valence-electron chi connectivity index (χ3n) is 4.73. The molecule has 1 aromatic rings. The summed E-state index contributed by atoms with van der Waals surface area (Å²) in [6.07, 6.45) is 0.134. The molecule has 0 unspecified atom stereocenters. The van der Waals surface area contributed by atoms with E-state index in [1.807, 2.05) is 60.6 Å². The Morgan fingerprint density at radius 1 is 1.04 bits per heavy atom. The van der Waals surface area contributed by atoms with Crippen LogP contribution >= 0.6 is 0 Å². The summed E-state index contributed by atoms with van der Waals surface area (Å²) in [5, 5.41) is 2.73. The van der Waals surface area contributed by atoms with E-state index < -0.39 is 23.9 Å². The Morgan fingerprint density at radius 2 is 1.56 bits per heavy atom. The molecule has 1 heterocycles. The summed E-state index contributed by atoms with van der Waals surface area (Å²) in [6, 6.07) is 7.10. The number of nitrogens with one attached hydrogen (secondary N) is 1. The van der Waals surface area contributed by atoms with E-state index in [1.54, 1.807) is 12.1 Å².